The maximum atomic E-state index is 4.67. The molecule has 0 saturated heterocycles. The third-order valence-electron chi connectivity index (χ3n) is 25.0. The normalized spacial score (nSPS) is 11.4. The van der Waals surface area contributed by atoms with Gasteiger partial charge in [0.25, 0.3) is 0 Å². The van der Waals surface area contributed by atoms with E-state index >= 15 is 0 Å². The molecule has 0 aliphatic rings. The molecule has 24 rings (SSSR count). The van der Waals surface area contributed by atoms with E-state index in [-0.39, 0.29) is 0 Å². The van der Waals surface area contributed by atoms with Crippen molar-refractivity contribution in [3.8, 4) is 101 Å². The lowest BCUT2D eigenvalue weighted by atomic mass is 9.84. The summed E-state index contributed by atoms with van der Waals surface area (Å²) in [6.45, 7) is 0. The molecule has 8 nitrogen and oxygen atoms in total. The van der Waals surface area contributed by atoms with Gasteiger partial charge in [-0.1, -0.05) is 297 Å². The van der Waals surface area contributed by atoms with Gasteiger partial charge < -0.3 is 18.9 Å². The van der Waals surface area contributed by atoms with E-state index in [0.717, 1.165) is 113 Å². The van der Waals surface area contributed by atoms with E-state index in [1.165, 1.54) is 109 Å². The number of benzene rings is 18. The maximum absolute atomic E-state index is 4.67. The summed E-state index contributed by atoms with van der Waals surface area (Å²) in [6.07, 6.45) is 7.40. The molecule has 0 fully saturated rings. The van der Waals surface area contributed by atoms with Crippen LogP contribution in [0.1, 0.15) is 0 Å². The summed E-state index contributed by atoms with van der Waals surface area (Å²) in [5, 5.41) is 14.5. The van der Waals surface area contributed by atoms with Gasteiger partial charge in [0.2, 0.25) is 0 Å². The molecule has 600 valence electrons. The third kappa shape index (κ3) is 13.7. The second-order valence-electron chi connectivity index (χ2n) is 32.3. The number of pyridine rings is 4. The number of hydrogen-bond donors (Lipinski definition) is 0. The Hall–Kier alpha value is -17.2. The minimum absolute atomic E-state index is 0.952. The van der Waals surface area contributed by atoms with Gasteiger partial charge in [-0.25, -0.2) is 0 Å². The first kappa shape index (κ1) is 75.7. The summed E-state index contributed by atoms with van der Waals surface area (Å²) in [4.78, 5) is 23.4. The monoisotopic (exact) mass is 1630 g/mol. The molecule has 0 saturated carbocycles. The van der Waals surface area contributed by atoms with Crippen molar-refractivity contribution in [1.29, 1.82) is 0 Å². The summed E-state index contributed by atoms with van der Waals surface area (Å²) in [5.74, 6) is 0. The minimum Gasteiger partial charge on any atom is -0.310 e. The quantitative estimate of drug-likeness (QED) is 0.0898. The molecule has 6 aromatic heterocycles. The summed E-state index contributed by atoms with van der Waals surface area (Å²) in [7, 11) is 0. The lowest BCUT2D eigenvalue weighted by molar-refractivity contribution is 1.17. The van der Waals surface area contributed by atoms with Crippen LogP contribution >= 0.6 is 0 Å². The zero-order valence-electron chi connectivity index (χ0n) is 69.8. The summed E-state index contributed by atoms with van der Waals surface area (Å²) >= 11 is 0. The standard InChI is InChI=1S/2C60H40N4/c1-2-15-45(16-3-1)63(46-35-37-47(38-36-46)64-55-24-8-6-17-48(55)49-18-7-9-25-56(49)64)57-26-14-21-52-58(43-31-27-41(28-32-43)53-22-10-12-39-61-53)50-19-4-5-20-51(50)59(60(52)57)44-33-29-42(30-34-44)54-23-11-13-40-62-54;1-2-14-45(15-3-1)63(46-32-34-47(35-33-46)64-57-22-8-6-16-49(57)50-17-7-9-23-58(50)64)48-36-37-53-54(40-48)60(44-30-26-42(27-31-44)56-21-11-13-39-62-56)52-19-5-4-18-51(52)59(53)43-28-24-41(25-29-43)55-20-10-12-38-61-55/h2*1-40H. The van der Waals surface area contributed by atoms with Gasteiger partial charge in [-0.3, -0.25) is 19.9 Å². The topological polar surface area (TPSA) is 67.9 Å². The lowest BCUT2D eigenvalue weighted by Gasteiger charge is -2.29. The van der Waals surface area contributed by atoms with Gasteiger partial charge in [0.05, 0.1) is 50.5 Å². The molecule has 128 heavy (non-hydrogen) atoms. The van der Waals surface area contributed by atoms with E-state index < -0.39 is 0 Å². The van der Waals surface area contributed by atoms with Crippen molar-refractivity contribution < 1.29 is 0 Å². The summed E-state index contributed by atoms with van der Waals surface area (Å²) in [5.41, 5.74) is 31.0. The highest BCUT2D eigenvalue weighted by Crippen LogP contribution is 2.52. The van der Waals surface area contributed by atoms with E-state index in [2.05, 4.69) is 451 Å². The van der Waals surface area contributed by atoms with Crippen LogP contribution in [0.2, 0.25) is 0 Å². The SMILES string of the molecule is c1ccc(N(c2ccc(-n3c4ccccc4c4ccccc43)cc2)c2ccc3c(-c4ccc(-c5ccccn5)cc4)c4ccccc4c(-c4ccc(-c5ccccn5)cc4)c3c2)cc1.c1ccc(N(c2ccc(-n3c4ccccc4c4ccccc43)cc2)c2cccc3c(-c4ccc(-c5ccccn5)cc4)c4ccccc4c(-c4ccc(-c5ccccn5)cc4)c23)cc1. The second kappa shape index (κ2) is 32.9. The predicted molar refractivity (Wildman–Crippen MR) is 536 cm³/mol. The van der Waals surface area contributed by atoms with Crippen molar-refractivity contribution in [3.05, 3.63) is 486 Å². The summed E-state index contributed by atoms with van der Waals surface area (Å²) in [6, 6.07) is 166. The minimum atomic E-state index is 0.952. The number of rotatable bonds is 16. The third-order valence-corrected chi connectivity index (χ3v) is 25.0. The van der Waals surface area contributed by atoms with Crippen LogP contribution in [0.5, 0.6) is 0 Å². The fourth-order valence-electron chi connectivity index (χ4n) is 19.2. The van der Waals surface area contributed by atoms with Crippen LogP contribution in [0.3, 0.4) is 0 Å². The molecule has 0 amide bonds. The van der Waals surface area contributed by atoms with Gasteiger partial charge in [0.1, 0.15) is 0 Å². The number of aromatic nitrogens is 6. The fourth-order valence-corrected chi connectivity index (χ4v) is 19.2. The first-order chi connectivity index (χ1) is 63.5. The van der Waals surface area contributed by atoms with Crippen LogP contribution in [-0.4, -0.2) is 29.1 Å². The molecule has 6 heterocycles. The van der Waals surface area contributed by atoms with Crippen molar-refractivity contribution in [2.75, 3.05) is 9.80 Å². The van der Waals surface area contributed by atoms with E-state index in [1.807, 2.05) is 73.3 Å². The molecule has 24 aromatic rings. The van der Waals surface area contributed by atoms with Crippen molar-refractivity contribution >= 4 is 121 Å². The molecule has 0 atom stereocenters. The fraction of sp³-hybridized carbons (Fsp3) is 0. The highest BCUT2D eigenvalue weighted by molar-refractivity contribution is 6.26. The van der Waals surface area contributed by atoms with Crippen molar-refractivity contribution in [2.45, 2.75) is 0 Å². The van der Waals surface area contributed by atoms with E-state index in [9.17, 15) is 0 Å². The van der Waals surface area contributed by atoms with Crippen LogP contribution in [0.15, 0.2) is 486 Å². The van der Waals surface area contributed by atoms with Crippen molar-refractivity contribution in [3.63, 3.8) is 0 Å². The van der Waals surface area contributed by atoms with Crippen LogP contribution in [-0.2, 0) is 0 Å². The van der Waals surface area contributed by atoms with Gasteiger partial charge in [0.15, 0.2) is 0 Å². The molecular weight excluding hydrogens is 1550 g/mol. The Kier molecular flexibility index (Phi) is 19.5. The first-order valence-electron chi connectivity index (χ1n) is 43.5. The summed E-state index contributed by atoms with van der Waals surface area (Å²) < 4.78 is 4.75. The van der Waals surface area contributed by atoms with Gasteiger partial charge in [0, 0.05) is 114 Å². The van der Waals surface area contributed by atoms with Gasteiger partial charge in [-0.05, 0) is 246 Å². The van der Waals surface area contributed by atoms with Crippen LogP contribution < -0.4 is 9.80 Å². The van der Waals surface area contributed by atoms with Crippen molar-refractivity contribution in [2.24, 2.45) is 0 Å². The highest BCUT2D eigenvalue weighted by atomic mass is 15.2. The van der Waals surface area contributed by atoms with E-state index in [4.69, 9.17) is 0 Å². The molecular formula is C120H80N8. The molecule has 0 bridgehead atoms. The molecule has 0 aliphatic heterocycles. The van der Waals surface area contributed by atoms with E-state index in [1.54, 1.807) is 0 Å². The van der Waals surface area contributed by atoms with Gasteiger partial charge in [-0.15, -0.1) is 0 Å². The van der Waals surface area contributed by atoms with Gasteiger partial charge >= 0.3 is 0 Å². The number of nitrogens with zero attached hydrogens (tertiary/aromatic N) is 8. The average Bonchev–Trinajstić information content (AvgIpc) is 1.07. The Morgan fingerprint density at radius 2 is 0.430 bits per heavy atom. The average molecular weight is 1630 g/mol. The van der Waals surface area contributed by atoms with Crippen LogP contribution in [0, 0.1) is 0 Å². The molecule has 0 unspecified atom stereocenters. The maximum Gasteiger partial charge on any atom is 0.0701 e. The lowest BCUT2D eigenvalue weighted by Crippen LogP contribution is -2.11. The van der Waals surface area contributed by atoms with Crippen molar-refractivity contribution in [1.82, 2.24) is 29.1 Å². The molecule has 0 N–H and O–H groups in total. The number of anilines is 6. The molecule has 0 spiro atoms. The molecule has 18 aromatic carbocycles. The first-order valence-corrected chi connectivity index (χ1v) is 43.5. The van der Waals surface area contributed by atoms with Crippen LogP contribution in [0.25, 0.3) is 188 Å². The predicted octanol–water partition coefficient (Wildman–Crippen LogP) is 32.0. The zero-order valence-corrected chi connectivity index (χ0v) is 69.8. The van der Waals surface area contributed by atoms with E-state index in [0.29, 0.717) is 0 Å². The largest absolute Gasteiger partial charge is 0.310 e. The highest BCUT2D eigenvalue weighted by Gasteiger charge is 2.27. The Bertz CT molecular complexity index is 8010. The smallest absolute Gasteiger partial charge is 0.0701 e. The molecule has 0 radical (unpaired) electrons. The Morgan fingerprint density at radius 3 is 0.797 bits per heavy atom. The number of para-hydroxylation sites is 6. The van der Waals surface area contributed by atoms with Crippen LogP contribution in [0.4, 0.5) is 34.1 Å². The second-order valence-corrected chi connectivity index (χ2v) is 32.3. The molecule has 0 aliphatic carbocycles. The Morgan fingerprint density at radius 1 is 0.164 bits per heavy atom. The number of fused-ring (bicyclic) bond motifs is 10. The Balaban J connectivity index is 0.000000146. The van der Waals surface area contributed by atoms with Gasteiger partial charge in [-0.2, -0.15) is 0 Å². The Labute approximate surface area is 741 Å². The zero-order chi connectivity index (χ0) is 84.8. The molecule has 8 heteroatoms. The number of hydrogen-bond acceptors (Lipinski definition) is 6.